The predicted octanol–water partition coefficient (Wildman–Crippen LogP) is 6.48. The lowest BCUT2D eigenvalue weighted by molar-refractivity contribution is -0.151. The van der Waals surface area contributed by atoms with Crippen molar-refractivity contribution in [1.29, 1.82) is 0 Å². The molecule has 1 aliphatic rings. The van der Waals surface area contributed by atoms with E-state index >= 15 is 0 Å². The van der Waals surface area contributed by atoms with Crippen LogP contribution in [-0.4, -0.2) is 60.3 Å². The maximum Gasteiger partial charge on any atom is 0.401 e. The van der Waals surface area contributed by atoms with Crippen molar-refractivity contribution in [2.75, 3.05) is 39.3 Å². The topological polar surface area (TPSA) is 28.6 Å². The van der Waals surface area contributed by atoms with E-state index in [9.17, 15) is 13.2 Å². The minimum atomic E-state index is -4.32. The number of halogens is 4. The third-order valence-electron chi connectivity index (χ3n) is 6.52. The number of aromatic nitrogens is 1. The Morgan fingerprint density at radius 3 is 2.31 bits per heavy atom. The van der Waals surface area contributed by atoms with E-state index in [-0.39, 0.29) is 5.92 Å². The molecule has 0 N–H and O–H groups in total. The zero-order valence-corrected chi connectivity index (χ0v) is 20.8. The lowest BCUT2D eigenvalue weighted by Crippen LogP contribution is -2.44. The van der Waals surface area contributed by atoms with Gasteiger partial charge >= 0.3 is 6.18 Å². The first-order chi connectivity index (χ1) is 17.4. The highest BCUT2D eigenvalue weighted by atomic mass is 35.5. The Morgan fingerprint density at radius 1 is 0.972 bits per heavy atom. The number of hydrogen-bond donors (Lipinski definition) is 0. The Hall–Kier alpha value is -2.61. The molecule has 0 bridgehead atoms. The van der Waals surface area contributed by atoms with Crippen molar-refractivity contribution in [3.8, 4) is 5.75 Å². The summed E-state index contributed by atoms with van der Waals surface area (Å²) >= 11 is 6.07. The molecule has 1 atom stereocenters. The molecular formula is C28H31ClF3N3O. The summed E-state index contributed by atoms with van der Waals surface area (Å²) in [4.78, 5) is 8.28. The van der Waals surface area contributed by atoms with Gasteiger partial charge in [0.15, 0.2) is 0 Å². The average molecular weight is 518 g/mol. The number of nitrogens with zero attached hydrogens (tertiary/aromatic N) is 3. The van der Waals surface area contributed by atoms with Gasteiger partial charge in [0.05, 0.1) is 18.3 Å². The largest absolute Gasteiger partial charge is 0.492 e. The van der Waals surface area contributed by atoms with Crippen LogP contribution in [0.15, 0.2) is 79.0 Å². The highest BCUT2D eigenvalue weighted by Crippen LogP contribution is 2.33. The molecule has 192 valence electrons. The van der Waals surface area contributed by atoms with Gasteiger partial charge in [-0.25, -0.2) is 0 Å². The molecule has 1 unspecified atom stereocenters. The van der Waals surface area contributed by atoms with Gasteiger partial charge in [0.1, 0.15) is 12.4 Å². The summed E-state index contributed by atoms with van der Waals surface area (Å²) in [6, 6.07) is 21.5. The van der Waals surface area contributed by atoms with E-state index in [0.29, 0.717) is 23.9 Å². The number of para-hydroxylation sites is 1. The first-order valence-corrected chi connectivity index (χ1v) is 12.6. The molecule has 0 saturated carbocycles. The monoisotopic (exact) mass is 517 g/mol. The smallest absolute Gasteiger partial charge is 0.401 e. The fourth-order valence-electron chi connectivity index (χ4n) is 4.78. The molecule has 1 fully saturated rings. The summed E-state index contributed by atoms with van der Waals surface area (Å²) in [5.74, 6) is 1.01. The standard InChI is InChI=1S/C28H31ClF3N3O/c29-24-11-9-23(10-12-24)27(26-8-4-5-15-33-26)35(21-28(30,31)32)20-22-13-16-34(17-14-22)18-19-36-25-6-2-1-3-7-25/h1-12,15,22,27H,13-14,16-21H2. The Morgan fingerprint density at radius 2 is 1.67 bits per heavy atom. The number of alkyl halides is 3. The van der Waals surface area contributed by atoms with Crippen molar-refractivity contribution >= 4 is 11.6 Å². The van der Waals surface area contributed by atoms with Crippen LogP contribution in [0, 0.1) is 5.92 Å². The molecule has 1 aromatic heterocycles. The number of rotatable bonds is 10. The van der Waals surface area contributed by atoms with E-state index in [2.05, 4.69) is 9.88 Å². The quantitative estimate of drug-likeness (QED) is 0.308. The summed E-state index contributed by atoms with van der Waals surface area (Å²) < 4.78 is 47.1. The van der Waals surface area contributed by atoms with Crippen molar-refractivity contribution in [3.05, 3.63) is 95.3 Å². The summed E-state index contributed by atoms with van der Waals surface area (Å²) in [5.41, 5.74) is 1.34. The normalized spacial score (nSPS) is 16.2. The van der Waals surface area contributed by atoms with E-state index in [4.69, 9.17) is 16.3 Å². The second-order valence-electron chi connectivity index (χ2n) is 9.20. The number of pyridine rings is 1. The van der Waals surface area contributed by atoms with Gasteiger partial charge in [-0.05, 0) is 73.8 Å². The molecule has 1 aliphatic heterocycles. The lowest BCUT2D eigenvalue weighted by atomic mass is 9.93. The minimum Gasteiger partial charge on any atom is -0.492 e. The molecule has 3 aromatic rings. The molecule has 8 heteroatoms. The Kier molecular flexibility index (Phi) is 9.24. The number of benzene rings is 2. The average Bonchev–Trinajstić information content (AvgIpc) is 2.87. The molecule has 2 aromatic carbocycles. The zero-order valence-electron chi connectivity index (χ0n) is 20.1. The van der Waals surface area contributed by atoms with Gasteiger partial charge in [-0.3, -0.25) is 14.8 Å². The van der Waals surface area contributed by atoms with Gasteiger partial charge in [0.25, 0.3) is 0 Å². The van der Waals surface area contributed by atoms with Crippen LogP contribution >= 0.6 is 11.6 Å². The molecule has 4 rings (SSSR count). The van der Waals surface area contributed by atoms with Gasteiger partial charge < -0.3 is 4.74 Å². The first kappa shape index (κ1) is 26.5. The molecule has 4 nitrogen and oxygen atoms in total. The van der Waals surface area contributed by atoms with Crippen molar-refractivity contribution in [2.24, 2.45) is 5.92 Å². The third kappa shape index (κ3) is 7.95. The van der Waals surface area contributed by atoms with Crippen LogP contribution in [0.5, 0.6) is 5.75 Å². The van der Waals surface area contributed by atoms with Crippen LogP contribution in [0.25, 0.3) is 0 Å². The molecule has 1 saturated heterocycles. The molecule has 0 amide bonds. The molecule has 36 heavy (non-hydrogen) atoms. The lowest BCUT2D eigenvalue weighted by Gasteiger charge is -2.38. The fraction of sp³-hybridized carbons (Fsp3) is 0.393. The Balaban J connectivity index is 1.42. The van der Waals surface area contributed by atoms with Crippen LogP contribution in [0.2, 0.25) is 5.02 Å². The van der Waals surface area contributed by atoms with E-state index < -0.39 is 18.8 Å². The van der Waals surface area contributed by atoms with Gasteiger partial charge in [-0.2, -0.15) is 13.2 Å². The second-order valence-corrected chi connectivity index (χ2v) is 9.64. The zero-order chi connectivity index (χ0) is 25.4. The van der Waals surface area contributed by atoms with E-state index in [1.54, 1.807) is 42.6 Å². The number of hydrogen-bond acceptors (Lipinski definition) is 4. The highest BCUT2D eigenvalue weighted by Gasteiger charge is 2.37. The molecule has 0 spiro atoms. The van der Waals surface area contributed by atoms with E-state index in [1.165, 1.54) is 4.90 Å². The van der Waals surface area contributed by atoms with Crippen molar-refractivity contribution in [1.82, 2.24) is 14.8 Å². The molecule has 2 heterocycles. The van der Waals surface area contributed by atoms with Crippen LogP contribution in [0.1, 0.15) is 30.1 Å². The summed E-state index contributed by atoms with van der Waals surface area (Å²) in [7, 11) is 0. The van der Waals surface area contributed by atoms with Gasteiger partial charge in [0, 0.05) is 24.3 Å². The van der Waals surface area contributed by atoms with Crippen LogP contribution < -0.4 is 4.74 Å². The van der Waals surface area contributed by atoms with Crippen LogP contribution in [-0.2, 0) is 0 Å². The second kappa shape index (κ2) is 12.6. The van der Waals surface area contributed by atoms with Gasteiger partial charge in [-0.1, -0.05) is 48.0 Å². The fourth-order valence-corrected chi connectivity index (χ4v) is 4.90. The molecule has 0 radical (unpaired) electrons. The first-order valence-electron chi connectivity index (χ1n) is 12.2. The third-order valence-corrected chi connectivity index (χ3v) is 6.77. The number of ether oxygens (including phenoxy) is 1. The van der Waals surface area contributed by atoms with Crippen molar-refractivity contribution in [2.45, 2.75) is 25.1 Å². The molecule has 0 aliphatic carbocycles. The van der Waals surface area contributed by atoms with E-state index in [1.807, 2.05) is 36.4 Å². The van der Waals surface area contributed by atoms with Gasteiger partial charge in [-0.15, -0.1) is 0 Å². The number of likely N-dealkylation sites (tertiary alicyclic amines) is 1. The highest BCUT2D eigenvalue weighted by molar-refractivity contribution is 6.30. The predicted molar refractivity (Wildman–Crippen MR) is 136 cm³/mol. The summed E-state index contributed by atoms with van der Waals surface area (Å²) in [6.45, 7) is 2.43. The van der Waals surface area contributed by atoms with Crippen LogP contribution in [0.4, 0.5) is 13.2 Å². The molecular weight excluding hydrogens is 487 g/mol. The Bertz CT molecular complexity index is 1040. The van der Waals surface area contributed by atoms with E-state index in [0.717, 1.165) is 43.8 Å². The van der Waals surface area contributed by atoms with Gasteiger partial charge in [0.2, 0.25) is 0 Å². The Labute approximate surface area is 215 Å². The van der Waals surface area contributed by atoms with Crippen LogP contribution in [0.3, 0.4) is 0 Å². The van der Waals surface area contributed by atoms with Crippen molar-refractivity contribution < 1.29 is 17.9 Å². The summed E-state index contributed by atoms with van der Waals surface area (Å²) in [6.07, 6.45) is -1.01. The SMILES string of the molecule is FC(F)(F)CN(CC1CCN(CCOc2ccccc2)CC1)C(c1ccc(Cl)cc1)c1ccccn1. The maximum atomic E-state index is 13.8. The minimum absolute atomic E-state index is 0.164. The number of piperidine rings is 1. The van der Waals surface area contributed by atoms with Crippen molar-refractivity contribution in [3.63, 3.8) is 0 Å². The summed E-state index contributed by atoms with van der Waals surface area (Å²) in [5, 5.41) is 0.546. The maximum absolute atomic E-state index is 13.8.